The Morgan fingerprint density at radius 3 is 2.52 bits per heavy atom. The molecule has 2 fully saturated rings. The van der Waals surface area contributed by atoms with Crippen LogP contribution in [0.1, 0.15) is 30.9 Å². The first-order valence-electron chi connectivity index (χ1n) is 8.29. The van der Waals surface area contributed by atoms with Crippen LogP contribution in [-0.4, -0.2) is 60.7 Å². The Labute approximate surface area is 127 Å². The van der Waals surface area contributed by atoms with Gasteiger partial charge < -0.3 is 15.3 Å². The van der Waals surface area contributed by atoms with Gasteiger partial charge in [0.15, 0.2) is 0 Å². The standard InChI is InChI=1S/C17H27N3O/c21-16-6-4-5-15(13-16)17(20-11-7-18-8-12-20)14-19-9-2-1-3-10-19/h4-6,13,17-18,21H,1-3,7-12,14H2. The number of nitrogens with one attached hydrogen (secondary N) is 1. The van der Waals surface area contributed by atoms with Gasteiger partial charge in [0.05, 0.1) is 0 Å². The molecule has 2 aliphatic rings. The Kier molecular flexibility index (Phi) is 5.12. The number of piperazine rings is 1. The van der Waals surface area contributed by atoms with E-state index in [1.165, 1.54) is 37.9 Å². The van der Waals surface area contributed by atoms with Gasteiger partial charge in [-0.15, -0.1) is 0 Å². The minimum absolute atomic E-state index is 0.381. The van der Waals surface area contributed by atoms with Crippen LogP contribution in [0.4, 0.5) is 0 Å². The van der Waals surface area contributed by atoms with Gasteiger partial charge in [0.25, 0.3) is 0 Å². The lowest BCUT2D eigenvalue weighted by Gasteiger charge is -2.39. The van der Waals surface area contributed by atoms with Gasteiger partial charge in [0.1, 0.15) is 5.75 Å². The number of likely N-dealkylation sites (tertiary alicyclic amines) is 1. The number of hydrogen-bond acceptors (Lipinski definition) is 4. The van der Waals surface area contributed by atoms with Crippen LogP contribution in [-0.2, 0) is 0 Å². The van der Waals surface area contributed by atoms with Crippen LogP contribution in [0, 0.1) is 0 Å². The molecule has 2 N–H and O–H groups in total. The molecule has 0 aromatic heterocycles. The lowest BCUT2D eigenvalue weighted by Crippen LogP contribution is -2.48. The highest BCUT2D eigenvalue weighted by molar-refractivity contribution is 5.29. The van der Waals surface area contributed by atoms with E-state index in [-0.39, 0.29) is 0 Å². The van der Waals surface area contributed by atoms with Gasteiger partial charge in [-0.3, -0.25) is 4.90 Å². The molecule has 1 atom stereocenters. The van der Waals surface area contributed by atoms with Gasteiger partial charge in [0.2, 0.25) is 0 Å². The second-order valence-electron chi connectivity index (χ2n) is 6.26. The predicted molar refractivity (Wildman–Crippen MR) is 85.6 cm³/mol. The smallest absolute Gasteiger partial charge is 0.115 e. The quantitative estimate of drug-likeness (QED) is 0.887. The zero-order chi connectivity index (χ0) is 14.5. The molecule has 4 heteroatoms. The number of phenolic OH excluding ortho intramolecular Hbond substituents is 1. The summed E-state index contributed by atoms with van der Waals surface area (Å²) in [5, 5.41) is 13.3. The molecule has 0 amide bonds. The summed E-state index contributed by atoms with van der Waals surface area (Å²) >= 11 is 0. The summed E-state index contributed by atoms with van der Waals surface area (Å²) in [4.78, 5) is 5.17. The molecule has 21 heavy (non-hydrogen) atoms. The van der Waals surface area contributed by atoms with E-state index in [1.807, 2.05) is 12.1 Å². The Balaban J connectivity index is 1.75. The molecule has 0 bridgehead atoms. The van der Waals surface area contributed by atoms with Crippen LogP contribution in [0.5, 0.6) is 5.75 Å². The fourth-order valence-electron chi connectivity index (χ4n) is 3.54. The third-order valence-electron chi connectivity index (χ3n) is 4.73. The van der Waals surface area contributed by atoms with Crippen molar-refractivity contribution in [2.24, 2.45) is 0 Å². The van der Waals surface area contributed by atoms with Crippen molar-refractivity contribution in [3.05, 3.63) is 29.8 Å². The van der Waals surface area contributed by atoms with Crippen LogP contribution >= 0.6 is 0 Å². The van der Waals surface area contributed by atoms with Crippen molar-refractivity contribution in [3.8, 4) is 5.75 Å². The van der Waals surface area contributed by atoms with E-state index in [9.17, 15) is 5.11 Å². The summed E-state index contributed by atoms with van der Waals surface area (Å²) in [6.45, 7) is 7.85. The van der Waals surface area contributed by atoms with Crippen LogP contribution in [0.15, 0.2) is 24.3 Å². The van der Waals surface area contributed by atoms with Crippen molar-refractivity contribution in [1.82, 2.24) is 15.1 Å². The first kappa shape index (κ1) is 14.8. The summed E-state index contributed by atoms with van der Waals surface area (Å²) in [6, 6.07) is 8.24. The maximum atomic E-state index is 9.82. The van der Waals surface area contributed by atoms with Crippen molar-refractivity contribution in [2.45, 2.75) is 25.3 Å². The molecule has 4 nitrogen and oxygen atoms in total. The molecule has 0 aliphatic carbocycles. The minimum atomic E-state index is 0.381. The van der Waals surface area contributed by atoms with E-state index < -0.39 is 0 Å². The molecule has 1 aromatic rings. The number of aromatic hydroxyl groups is 1. The summed E-state index contributed by atoms with van der Waals surface area (Å²) in [6.07, 6.45) is 4.03. The van der Waals surface area contributed by atoms with Crippen molar-refractivity contribution in [3.63, 3.8) is 0 Å². The molecule has 0 radical (unpaired) electrons. The number of benzene rings is 1. The average Bonchev–Trinajstić information content (AvgIpc) is 2.54. The second-order valence-corrected chi connectivity index (χ2v) is 6.26. The number of phenols is 1. The Bertz CT molecular complexity index is 439. The number of piperidine rings is 1. The maximum absolute atomic E-state index is 9.82. The van der Waals surface area contributed by atoms with Gasteiger partial charge >= 0.3 is 0 Å². The third-order valence-corrected chi connectivity index (χ3v) is 4.73. The topological polar surface area (TPSA) is 38.7 Å². The SMILES string of the molecule is Oc1cccc(C(CN2CCCCC2)N2CCNCC2)c1. The van der Waals surface area contributed by atoms with Crippen LogP contribution in [0.3, 0.4) is 0 Å². The van der Waals surface area contributed by atoms with E-state index in [4.69, 9.17) is 0 Å². The van der Waals surface area contributed by atoms with Crippen molar-refractivity contribution >= 4 is 0 Å². The van der Waals surface area contributed by atoms with Crippen molar-refractivity contribution in [1.29, 1.82) is 0 Å². The lowest BCUT2D eigenvalue weighted by atomic mass is 10.0. The van der Waals surface area contributed by atoms with E-state index >= 15 is 0 Å². The number of hydrogen-bond donors (Lipinski definition) is 2. The highest BCUT2D eigenvalue weighted by atomic mass is 16.3. The van der Waals surface area contributed by atoms with Gasteiger partial charge in [-0.05, 0) is 43.6 Å². The molecule has 3 rings (SSSR count). The molecular weight excluding hydrogens is 262 g/mol. The van der Waals surface area contributed by atoms with Crippen LogP contribution in [0.25, 0.3) is 0 Å². The molecule has 2 saturated heterocycles. The number of nitrogens with zero attached hydrogens (tertiary/aromatic N) is 2. The van der Waals surface area contributed by atoms with Gasteiger partial charge in [0, 0.05) is 38.8 Å². The van der Waals surface area contributed by atoms with Gasteiger partial charge in [-0.1, -0.05) is 18.6 Å². The minimum Gasteiger partial charge on any atom is -0.508 e. The lowest BCUT2D eigenvalue weighted by molar-refractivity contribution is 0.113. The molecule has 2 aliphatic heterocycles. The first-order valence-corrected chi connectivity index (χ1v) is 8.29. The van der Waals surface area contributed by atoms with Gasteiger partial charge in [-0.2, -0.15) is 0 Å². The molecule has 0 saturated carbocycles. The summed E-state index contributed by atoms with van der Waals surface area (Å²) in [7, 11) is 0. The second kappa shape index (κ2) is 7.25. The zero-order valence-electron chi connectivity index (χ0n) is 12.8. The number of rotatable bonds is 4. The van der Waals surface area contributed by atoms with Crippen LogP contribution < -0.4 is 5.32 Å². The molecule has 0 spiro atoms. The largest absolute Gasteiger partial charge is 0.508 e. The zero-order valence-corrected chi connectivity index (χ0v) is 12.8. The summed E-state index contributed by atoms with van der Waals surface area (Å²) in [5.74, 6) is 0.381. The molecule has 2 heterocycles. The maximum Gasteiger partial charge on any atom is 0.115 e. The van der Waals surface area contributed by atoms with Crippen molar-refractivity contribution < 1.29 is 5.11 Å². The Hall–Kier alpha value is -1.10. The molecule has 116 valence electrons. The van der Waals surface area contributed by atoms with E-state index in [1.54, 1.807) is 6.07 Å². The highest BCUT2D eigenvalue weighted by Crippen LogP contribution is 2.26. The third kappa shape index (κ3) is 3.96. The Morgan fingerprint density at radius 2 is 1.81 bits per heavy atom. The summed E-state index contributed by atoms with van der Waals surface area (Å²) < 4.78 is 0. The van der Waals surface area contributed by atoms with Crippen molar-refractivity contribution in [2.75, 3.05) is 45.8 Å². The van der Waals surface area contributed by atoms with Gasteiger partial charge in [-0.25, -0.2) is 0 Å². The molecule has 1 aromatic carbocycles. The molecular formula is C17H27N3O. The highest BCUT2D eigenvalue weighted by Gasteiger charge is 2.25. The van der Waals surface area contributed by atoms with E-state index in [0.29, 0.717) is 11.8 Å². The average molecular weight is 289 g/mol. The fourth-order valence-corrected chi connectivity index (χ4v) is 3.54. The monoisotopic (exact) mass is 289 g/mol. The molecule has 1 unspecified atom stereocenters. The van der Waals surface area contributed by atoms with E-state index in [0.717, 1.165) is 32.7 Å². The first-order chi connectivity index (χ1) is 10.3. The predicted octanol–water partition coefficient (Wildman–Crippen LogP) is 1.82. The van der Waals surface area contributed by atoms with Crippen LogP contribution in [0.2, 0.25) is 0 Å². The fraction of sp³-hybridized carbons (Fsp3) is 0.647. The van der Waals surface area contributed by atoms with E-state index in [2.05, 4.69) is 21.2 Å². The Morgan fingerprint density at radius 1 is 1.05 bits per heavy atom. The normalized spacial score (nSPS) is 23.0. The summed E-state index contributed by atoms with van der Waals surface area (Å²) in [5.41, 5.74) is 1.25.